The number of fused-ring (bicyclic) bond motifs is 2. The van der Waals surface area contributed by atoms with Crippen molar-refractivity contribution in [1.82, 2.24) is 4.57 Å². The molecule has 0 amide bonds. The van der Waals surface area contributed by atoms with E-state index in [4.69, 9.17) is 38.2 Å². The predicted molar refractivity (Wildman–Crippen MR) is 191 cm³/mol. The lowest BCUT2D eigenvalue weighted by Gasteiger charge is -2.25. The Labute approximate surface area is 301 Å². The van der Waals surface area contributed by atoms with Crippen LogP contribution in [0, 0.1) is 0 Å². The molecule has 0 saturated carbocycles. The van der Waals surface area contributed by atoms with Crippen LogP contribution >= 0.6 is 27.3 Å². The van der Waals surface area contributed by atoms with Crippen molar-refractivity contribution in [2.75, 3.05) is 27.1 Å². The van der Waals surface area contributed by atoms with Crippen LogP contribution in [0.4, 0.5) is 0 Å². The second kappa shape index (κ2) is 15.0. The van der Waals surface area contributed by atoms with Gasteiger partial charge in [0.15, 0.2) is 39.3 Å². The van der Waals surface area contributed by atoms with E-state index in [0.29, 0.717) is 71.7 Å². The van der Waals surface area contributed by atoms with Crippen molar-refractivity contribution < 1.29 is 38.0 Å². The molecule has 4 aromatic rings. The Balaban J connectivity index is 1.40. The van der Waals surface area contributed by atoms with Crippen molar-refractivity contribution in [2.24, 2.45) is 4.99 Å². The smallest absolute Gasteiger partial charge is 0.338 e. The van der Waals surface area contributed by atoms with E-state index in [2.05, 4.69) is 15.9 Å². The van der Waals surface area contributed by atoms with Gasteiger partial charge in [0.05, 0.1) is 52.7 Å². The Morgan fingerprint density at radius 3 is 2.58 bits per heavy atom. The Morgan fingerprint density at radius 1 is 1.04 bits per heavy atom. The molecule has 50 heavy (non-hydrogen) atoms. The summed E-state index contributed by atoms with van der Waals surface area (Å²) in [6.45, 7) is 10.3. The van der Waals surface area contributed by atoms with Crippen LogP contribution < -0.4 is 43.3 Å². The fraction of sp³-hybridized carbons (Fsp3) is 0.324. The number of rotatable bonds is 12. The van der Waals surface area contributed by atoms with Crippen molar-refractivity contribution >= 4 is 39.3 Å². The molecule has 2 aliphatic heterocycles. The standard InChI is InChI=1S/C37H37BrN2O9S/c1-7-44-30-15-23(13-25(38)34(30)46-18-22-9-11-26-29(14-22)48-19-47-26)16-31-35(41)40-33(24-10-12-27(49-20(3)4)28(17-24)43-6)32(36(42)45-8-2)21(5)39-37(40)50-31/h9-17,20,33H,7-8,18-19H2,1-6H3/b31-16-/t33-/m1/s1. The summed E-state index contributed by atoms with van der Waals surface area (Å²) in [4.78, 5) is 32.8. The number of esters is 1. The van der Waals surface area contributed by atoms with Gasteiger partial charge in [0.25, 0.3) is 5.56 Å². The summed E-state index contributed by atoms with van der Waals surface area (Å²) in [5, 5.41) is 0. The number of thiazole rings is 1. The summed E-state index contributed by atoms with van der Waals surface area (Å²) in [6, 6.07) is 13.9. The van der Waals surface area contributed by atoms with Gasteiger partial charge in [-0.2, -0.15) is 0 Å². The first kappa shape index (κ1) is 35.1. The third-order valence-electron chi connectivity index (χ3n) is 7.83. The zero-order valence-electron chi connectivity index (χ0n) is 28.5. The number of methoxy groups -OCH3 is 1. The Morgan fingerprint density at radius 2 is 1.84 bits per heavy atom. The lowest BCUT2D eigenvalue weighted by molar-refractivity contribution is -0.139. The van der Waals surface area contributed by atoms with Crippen LogP contribution in [0.25, 0.3) is 6.08 Å². The van der Waals surface area contributed by atoms with E-state index in [1.165, 1.54) is 15.9 Å². The normalized spacial score (nSPS) is 15.1. The van der Waals surface area contributed by atoms with Gasteiger partial charge < -0.3 is 33.2 Å². The van der Waals surface area contributed by atoms with Crippen LogP contribution in [0.15, 0.2) is 74.1 Å². The second-order valence-corrected chi connectivity index (χ2v) is 13.5. The number of benzene rings is 3. The Bertz CT molecular complexity index is 2150. The maximum atomic E-state index is 14.3. The van der Waals surface area contributed by atoms with Crippen LogP contribution in [-0.2, 0) is 16.1 Å². The average Bonchev–Trinajstić information content (AvgIpc) is 3.67. The minimum absolute atomic E-state index is 0.0800. The van der Waals surface area contributed by atoms with Gasteiger partial charge in [-0.25, -0.2) is 9.79 Å². The third-order valence-corrected chi connectivity index (χ3v) is 9.40. The fourth-order valence-corrected chi connectivity index (χ4v) is 7.35. The molecule has 0 spiro atoms. The van der Waals surface area contributed by atoms with Crippen molar-refractivity contribution in [3.8, 4) is 34.5 Å². The monoisotopic (exact) mass is 764 g/mol. The molecule has 262 valence electrons. The van der Waals surface area contributed by atoms with E-state index >= 15 is 0 Å². The molecular weight excluding hydrogens is 728 g/mol. The molecule has 3 heterocycles. The second-order valence-electron chi connectivity index (χ2n) is 11.6. The number of aromatic nitrogens is 1. The largest absolute Gasteiger partial charge is 0.493 e. The molecule has 1 atom stereocenters. The first-order chi connectivity index (χ1) is 24.1. The zero-order valence-corrected chi connectivity index (χ0v) is 30.9. The number of ether oxygens (including phenoxy) is 7. The lowest BCUT2D eigenvalue weighted by atomic mass is 9.95. The number of hydrogen-bond donors (Lipinski definition) is 0. The van der Waals surface area contributed by atoms with E-state index < -0.39 is 12.0 Å². The molecule has 11 nitrogen and oxygen atoms in total. The number of carbonyl (C=O) groups excluding carboxylic acids is 1. The summed E-state index contributed by atoms with van der Waals surface area (Å²) in [5.74, 6) is 2.90. The summed E-state index contributed by atoms with van der Waals surface area (Å²) < 4.78 is 42.7. The van der Waals surface area contributed by atoms with Crippen molar-refractivity contribution in [3.63, 3.8) is 0 Å². The molecule has 0 aliphatic carbocycles. The van der Waals surface area contributed by atoms with E-state index in [1.54, 1.807) is 39.2 Å². The number of allylic oxidation sites excluding steroid dienone is 1. The molecule has 2 aliphatic rings. The molecule has 0 saturated heterocycles. The van der Waals surface area contributed by atoms with Gasteiger partial charge in [0.2, 0.25) is 6.79 Å². The first-order valence-electron chi connectivity index (χ1n) is 16.1. The molecule has 0 radical (unpaired) electrons. The minimum Gasteiger partial charge on any atom is -0.493 e. The summed E-state index contributed by atoms with van der Waals surface area (Å²) in [7, 11) is 1.55. The summed E-state index contributed by atoms with van der Waals surface area (Å²) in [6.07, 6.45) is 1.70. The Kier molecular flexibility index (Phi) is 10.5. The minimum atomic E-state index is -0.813. The maximum Gasteiger partial charge on any atom is 0.338 e. The zero-order chi connectivity index (χ0) is 35.5. The molecule has 0 fully saturated rings. The van der Waals surface area contributed by atoms with Crippen molar-refractivity contribution in [2.45, 2.75) is 53.4 Å². The number of carbonyl (C=O) groups is 1. The highest BCUT2D eigenvalue weighted by Gasteiger charge is 2.34. The van der Waals surface area contributed by atoms with Gasteiger partial charge in [-0.15, -0.1) is 0 Å². The van der Waals surface area contributed by atoms with Crippen molar-refractivity contribution in [3.05, 3.63) is 101 Å². The summed E-state index contributed by atoms with van der Waals surface area (Å²) in [5.41, 5.74) is 2.68. The van der Waals surface area contributed by atoms with Crippen LogP contribution in [0.3, 0.4) is 0 Å². The first-order valence-corrected chi connectivity index (χ1v) is 17.7. The van der Waals surface area contributed by atoms with E-state index in [-0.39, 0.29) is 37.2 Å². The summed E-state index contributed by atoms with van der Waals surface area (Å²) >= 11 is 4.88. The molecule has 1 aromatic heterocycles. The molecule has 3 aromatic carbocycles. The molecule has 0 bridgehead atoms. The number of hydrogen-bond acceptors (Lipinski definition) is 11. The molecule has 6 rings (SSSR count). The van der Waals surface area contributed by atoms with Gasteiger partial charge in [-0.3, -0.25) is 9.36 Å². The Hall–Kier alpha value is -4.75. The van der Waals surface area contributed by atoms with Crippen LogP contribution in [0.2, 0.25) is 0 Å². The SMILES string of the molecule is CCOC(=O)C1=C(C)N=c2s/c(=C\c3cc(Br)c(OCc4ccc5c(c4)OCO5)c(OCC)c3)c(=O)n2[C@@H]1c1ccc(OC(C)C)c(OC)c1. The van der Waals surface area contributed by atoms with Gasteiger partial charge in [0.1, 0.15) is 6.61 Å². The van der Waals surface area contributed by atoms with Crippen LogP contribution in [0.5, 0.6) is 34.5 Å². The van der Waals surface area contributed by atoms with E-state index in [0.717, 1.165) is 5.56 Å². The molecular formula is C37H37BrN2O9S. The molecule has 0 unspecified atom stereocenters. The fourth-order valence-electron chi connectivity index (χ4n) is 5.72. The van der Waals surface area contributed by atoms with Gasteiger partial charge in [-0.1, -0.05) is 23.5 Å². The third kappa shape index (κ3) is 7.10. The molecule has 13 heteroatoms. The maximum absolute atomic E-state index is 14.3. The number of halogens is 1. The van der Waals surface area contributed by atoms with E-state index in [9.17, 15) is 9.59 Å². The van der Waals surface area contributed by atoms with Crippen molar-refractivity contribution in [1.29, 1.82) is 0 Å². The van der Waals surface area contributed by atoms with Crippen LogP contribution in [-0.4, -0.2) is 43.8 Å². The highest BCUT2D eigenvalue weighted by molar-refractivity contribution is 9.10. The van der Waals surface area contributed by atoms with Gasteiger partial charge in [0, 0.05) is 0 Å². The van der Waals surface area contributed by atoms with Gasteiger partial charge >= 0.3 is 5.97 Å². The lowest BCUT2D eigenvalue weighted by Crippen LogP contribution is -2.40. The van der Waals surface area contributed by atoms with Crippen LogP contribution in [0.1, 0.15) is 57.4 Å². The average molecular weight is 766 g/mol. The quantitative estimate of drug-likeness (QED) is 0.159. The molecule has 0 N–H and O–H groups in total. The highest BCUT2D eigenvalue weighted by atomic mass is 79.9. The number of nitrogens with zero attached hydrogens (tertiary/aromatic N) is 2. The van der Waals surface area contributed by atoms with E-state index in [1.807, 2.05) is 57.2 Å². The predicted octanol–water partition coefficient (Wildman–Crippen LogP) is 6.06. The highest BCUT2D eigenvalue weighted by Crippen LogP contribution is 2.39. The van der Waals surface area contributed by atoms with Gasteiger partial charge in [-0.05, 0) is 110 Å². The topological polar surface area (TPSA) is 116 Å².